The number of nitrogens with zero attached hydrogens (tertiary/aromatic N) is 1. The monoisotopic (exact) mass is 261 g/mol. The number of nitrogens with two attached hydrogens (primary N) is 1. The van der Waals surface area contributed by atoms with Gasteiger partial charge >= 0.3 is 0 Å². The summed E-state index contributed by atoms with van der Waals surface area (Å²) in [6.45, 7) is 6.19. The molecule has 0 bridgehead atoms. The van der Waals surface area contributed by atoms with Gasteiger partial charge in [0.1, 0.15) is 5.84 Å². The molecule has 1 heterocycles. The van der Waals surface area contributed by atoms with Gasteiger partial charge < -0.3 is 5.73 Å². The number of nitrogens with one attached hydrogen (secondary N) is 1. The van der Waals surface area contributed by atoms with E-state index in [4.69, 9.17) is 11.1 Å². The summed E-state index contributed by atoms with van der Waals surface area (Å²) in [5.74, 6) is 0.0613. The van der Waals surface area contributed by atoms with E-state index in [9.17, 15) is 8.42 Å². The van der Waals surface area contributed by atoms with Crippen LogP contribution in [0, 0.1) is 10.8 Å². The van der Waals surface area contributed by atoms with Crippen molar-refractivity contribution < 1.29 is 8.42 Å². The zero-order chi connectivity index (χ0) is 13.3. The molecule has 6 heteroatoms. The molecule has 1 aliphatic heterocycles. The van der Waals surface area contributed by atoms with E-state index in [1.54, 1.807) is 0 Å². The topological polar surface area (TPSA) is 87.2 Å². The van der Waals surface area contributed by atoms with Gasteiger partial charge in [0.15, 0.2) is 0 Å². The highest BCUT2D eigenvalue weighted by Crippen LogP contribution is 2.25. The first-order chi connectivity index (χ1) is 7.63. The summed E-state index contributed by atoms with van der Waals surface area (Å²) in [6, 6.07) is -0.434. The Labute approximate surface area is 104 Å². The van der Waals surface area contributed by atoms with Crippen LogP contribution in [0.15, 0.2) is 0 Å². The number of rotatable bonds is 3. The van der Waals surface area contributed by atoms with E-state index >= 15 is 0 Å². The first kappa shape index (κ1) is 14.4. The Hall–Kier alpha value is -0.620. The van der Waals surface area contributed by atoms with E-state index in [1.165, 1.54) is 4.31 Å². The van der Waals surface area contributed by atoms with Crippen molar-refractivity contribution in [3.63, 3.8) is 0 Å². The molecule has 0 amide bonds. The second-order valence-corrected chi connectivity index (χ2v) is 7.82. The van der Waals surface area contributed by atoms with Crippen LogP contribution >= 0.6 is 0 Å². The summed E-state index contributed by atoms with van der Waals surface area (Å²) >= 11 is 0. The number of hydrogen-bond acceptors (Lipinski definition) is 3. The summed E-state index contributed by atoms with van der Waals surface area (Å²) in [4.78, 5) is 0. The van der Waals surface area contributed by atoms with Gasteiger partial charge in [0.05, 0.1) is 11.8 Å². The predicted octanol–water partition coefficient (Wildman–Crippen LogP) is 1.15. The van der Waals surface area contributed by atoms with Crippen molar-refractivity contribution in [3.05, 3.63) is 0 Å². The van der Waals surface area contributed by atoms with Gasteiger partial charge in [0.25, 0.3) is 0 Å². The molecule has 0 radical (unpaired) electrons. The summed E-state index contributed by atoms with van der Waals surface area (Å²) in [7, 11) is -3.32. The van der Waals surface area contributed by atoms with Gasteiger partial charge in [0.2, 0.25) is 10.0 Å². The molecule has 17 heavy (non-hydrogen) atoms. The van der Waals surface area contributed by atoms with Crippen molar-refractivity contribution in [2.75, 3.05) is 12.3 Å². The van der Waals surface area contributed by atoms with Crippen molar-refractivity contribution >= 4 is 15.9 Å². The van der Waals surface area contributed by atoms with E-state index in [0.29, 0.717) is 13.0 Å². The molecule has 3 N–H and O–H groups in total. The Kier molecular flexibility index (Phi) is 4.19. The quantitative estimate of drug-likeness (QED) is 0.590. The lowest BCUT2D eigenvalue weighted by molar-refractivity contribution is 0.297. The number of hydrogen-bond donors (Lipinski definition) is 2. The minimum Gasteiger partial charge on any atom is -0.386 e. The van der Waals surface area contributed by atoms with Crippen molar-refractivity contribution in [2.24, 2.45) is 11.1 Å². The molecule has 0 aromatic carbocycles. The first-order valence-electron chi connectivity index (χ1n) is 5.97. The lowest BCUT2D eigenvalue weighted by Gasteiger charge is -2.35. The average molecular weight is 261 g/mol. The molecule has 0 aliphatic carbocycles. The van der Waals surface area contributed by atoms with Crippen LogP contribution in [0.4, 0.5) is 0 Å². The molecule has 0 aromatic heterocycles. The minimum absolute atomic E-state index is 0.0396. The third-order valence-corrected chi connectivity index (χ3v) is 5.17. The van der Waals surface area contributed by atoms with Crippen LogP contribution in [-0.4, -0.2) is 36.9 Å². The molecule has 1 fully saturated rings. The molecule has 0 spiro atoms. The second-order valence-electron chi connectivity index (χ2n) is 5.89. The standard InChI is InChI=1S/C11H23N3O2S/c1-11(2,3)8-17(15,16)14-7-5-4-6-9(14)10(12)13/h9H,4-8H2,1-3H3,(H3,12,13). The maximum Gasteiger partial charge on any atom is 0.215 e. The van der Waals surface area contributed by atoms with Gasteiger partial charge in [0, 0.05) is 6.54 Å². The Balaban J connectivity index is 2.91. The van der Waals surface area contributed by atoms with Gasteiger partial charge in [-0.15, -0.1) is 0 Å². The van der Waals surface area contributed by atoms with Gasteiger partial charge in [-0.1, -0.05) is 27.2 Å². The van der Waals surface area contributed by atoms with Crippen LogP contribution < -0.4 is 5.73 Å². The van der Waals surface area contributed by atoms with Crippen LogP contribution in [0.25, 0.3) is 0 Å². The van der Waals surface area contributed by atoms with Gasteiger partial charge in [-0.05, 0) is 18.3 Å². The normalized spacial score (nSPS) is 23.6. The largest absolute Gasteiger partial charge is 0.386 e. The molecule has 0 saturated carbocycles. The fourth-order valence-electron chi connectivity index (χ4n) is 2.18. The fraction of sp³-hybridized carbons (Fsp3) is 0.909. The molecular formula is C11H23N3O2S. The van der Waals surface area contributed by atoms with Crippen molar-refractivity contribution in [3.8, 4) is 0 Å². The molecule has 1 saturated heterocycles. The Morgan fingerprint density at radius 1 is 1.41 bits per heavy atom. The third-order valence-electron chi connectivity index (χ3n) is 2.79. The Bertz CT molecular complexity index is 384. The molecular weight excluding hydrogens is 238 g/mol. The number of sulfonamides is 1. The number of piperidine rings is 1. The average Bonchev–Trinajstić information content (AvgIpc) is 2.14. The van der Waals surface area contributed by atoms with Crippen molar-refractivity contribution in [1.82, 2.24) is 4.31 Å². The maximum absolute atomic E-state index is 12.3. The highest BCUT2D eigenvalue weighted by Gasteiger charge is 2.36. The lowest BCUT2D eigenvalue weighted by atomic mass is 10.0. The Morgan fingerprint density at radius 3 is 2.47 bits per heavy atom. The van der Waals surface area contributed by atoms with E-state index in [0.717, 1.165) is 12.8 Å². The van der Waals surface area contributed by atoms with Crippen LogP contribution in [0.5, 0.6) is 0 Å². The zero-order valence-corrected chi connectivity index (χ0v) is 11.7. The Morgan fingerprint density at radius 2 is 2.00 bits per heavy atom. The van der Waals surface area contributed by atoms with Crippen LogP contribution in [0.1, 0.15) is 40.0 Å². The smallest absolute Gasteiger partial charge is 0.215 e. The second kappa shape index (κ2) is 4.94. The molecule has 100 valence electrons. The summed E-state index contributed by atoms with van der Waals surface area (Å²) in [5, 5.41) is 7.50. The van der Waals surface area contributed by atoms with Crippen molar-refractivity contribution in [1.29, 1.82) is 5.41 Å². The van der Waals surface area contributed by atoms with E-state index in [-0.39, 0.29) is 17.0 Å². The summed E-state index contributed by atoms with van der Waals surface area (Å²) in [6.07, 6.45) is 2.46. The van der Waals surface area contributed by atoms with Crippen LogP contribution in [-0.2, 0) is 10.0 Å². The van der Waals surface area contributed by atoms with Crippen LogP contribution in [0.2, 0.25) is 0 Å². The lowest BCUT2D eigenvalue weighted by Crippen LogP contribution is -2.51. The van der Waals surface area contributed by atoms with Crippen molar-refractivity contribution in [2.45, 2.75) is 46.1 Å². The van der Waals surface area contributed by atoms with Gasteiger partial charge in [-0.2, -0.15) is 4.31 Å². The zero-order valence-electron chi connectivity index (χ0n) is 10.9. The summed E-state index contributed by atoms with van der Waals surface area (Å²) < 4.78 is 26.0. The SMILES string of the molecule is CC(C)(C)CS(=O)(=O)N1CCCCC1C(=N)N. The molecule has 1 aliphatic rings. The molecule has 1 atom stereocenters. The van der Waals surface area contributed by atoms with Crippen LogP contribution in [0.3, 0.4) is 0 Å². The molecule has 1 unspecified atom stereocenters. The van der Waals surface area contributed by atoms with E-state index in [2.05, 4.69) is 0 Å². The predicted molar refractivity (Wildman–Crippen MR) is 69.5 cm³/mol. The number of amidine groups is 1. The summed E-state index contributed by atoms with van der Waals surface area (Å²) in [5.41, 5.74) is 5.22. The molecule has 5 nitrogen and oxygen atoms in total. The van der Waals surface area contributed by atoms with E-state index < -0.39 is 16.1 Å². The van der Waals surface area contributed by atoms with Gasteiger partial charge in [-0.3, -0.25) is 5.41 Å². The highest BCUT2D eigenvalue weighted by atomic mass is 32.2. The molecule has 1 rings (SSSR count). The minimum atomic E-state index is -3.32. The van der Waals surface area contributed by atoms with Gasteiger partial charge in [-0.25, -0.2) is 8.42 Å². The maximum atomic E-state index is 12.3. The molecule has 0 aromatic rings. The first-order valence-corrected chi connectivity index (χ1v) is 7.58. The fourth-order valence-corrected chi connectivity index (χ4v) is 4.45. The van der Waals surface area contributed by atoms with E-state index in [1.807, 2.05) is 20.8 Å². The third kappa shape index (κ3) is 3.96. The highest BCUT2D eigenvalue weighted by molar-refractivity contribution is 7.89.